The highest BCUT2D eigenvalue weighted by Crippen LogP contribution is 2.33. The van der Waals surface area contributed by atoms with Gasteiger partial charge in [0.15, 0.2) is 18.9 Å². The maximum Gasteiger partial charge on any atom is 0.220 e. The highest BCUT2D eigenvalue weighted by atomic mass is 16.8. The van der Waals surface area contributed by atoms with E-state index in [2.05, 4.69) is 31.3 Å². The largest absolute Gasteiger partial charge is 0.394 e. The van der Waals surface area contributed by atoms with Crippen LogP contribution >= 0.6 is 0 Å². The second-order valence-corrected chi connectivity index (χ2v) is 26.1. The van der Waals surface area contributed by atoms with E-state index in [1.165, 1.54) is 212 Å². The fourth-order valence-corrected chi connectivity index (χ4v) is 12.4. The van der Waals surface area contributed by atoms with E-state index in [4.69, 9.17) is 28.4 Å². The van der Waals surface area contributed by atoms with Gasteiger partial charge in [-0.15, -0.1) is 0 Å². The number of rotatable bonds is 56. The smallest absolute Gasteiger partial charge is 0.220 e. The van der Waals surface area contributed by atoms with Gasteiger partial charge in [-0.3, -0.25) is 4.79 Å². The second-order valence-electron chi connectivity index (χ2n) is 26.1. The average Bonchev–Trinajstić information content (AvgIpc) is 1.92. The molecule has 19 heteroatoms. The van der Waals surface area contributed by atoms with Crippen LogP contribution in [-0.2, 0) is 33.2 Å². The summed E-state index contributed by atoms with van der Waals surface area (Å²) in [6, 6.07) is -0.987. The molecule has 0 aliphatic carbocycles. The van der Waals surface area contributed by atoms with Crippen molar-refractivity contribution in [2.24, 2.45) is 0 Å². The van der Waals surface area contributed by atoms with Crippen molar-refractivity contribution in [3.05, 3.63) is 24.3 Å². The van der Waals surface area contributed by atoms with Crippen LogP contribution in [0.1, 0.15) is 284 Å². The number of hydrogen-bond acceptors (Lipinski definition) is 18. The molecule has 19 nitrogen and oxygen atoms in total. The monoisotopic (exact) mass is 1270 g/mol. The van der Waals surface area contributed by atoms with Gasteiger partial charge < -0.3 is 89.9 Å². The molecule has 0 aromatic heterocycles. The zero-order chi connectivity index (χ0) is 64.7. The first-order valence-electron chi connectivity index (χ1n) is 36.1. The van der Waals surface area contributed by atoms with Gasteiger partial charge in [-0.25, -0.2) is 0 Å². The summed E-state index contributed by atoms with van der Waals surface area (Å²) >= 11 is 0. The Hall–Kier alpha value is -1.73. The van der Waals surface area contributed by atoms with Crippen molar-refractivity contribution in [1.29, 1.82) is 0 Å². The topological polar surface area (TPSA) is 307 Å². The minimum Gasteiger partial charge on any atom is -0.394 e. The number of amides is 1. The Morgan fingerprint density at radius 2 is 0.719 bits per heavy atom. The Balaban J connectivity index is 1.44. The van der Waals surface area contributed by atoms with Crippen molar-refractivity contribution in [2.75, 3.05) is 26.4 Å². The molecule has 17 atom stereocenters. The van der Waals surface area contributed by atoms with Crippen molar-refractivity contribution < 1.29 is 89.4 Å². The Morgan fingerprint density at radius 3 is 1.12 bits per heavy atom. The van der Waals surface area contributed by atoms with Gasteiger partial charge in [-0.1, -0.05) is 269 Å². The van der Waals surface area contributed by atoms with Crippen molar-refractivity contribution in [1.82, 2.24) is 5.32 Å². The molecule has 3 heterocycles. The summed E-state index contributed by atoms with van der Waals surface area (Å²) in [7, 11) is 0. The number of aliphatic hydroxyl groups is 11. The Morgan fingerprint density at radius 1 is 0.393 bits per heavy atom. The van der Waals surface area contributed by atoms with Gasteiger partial charge in [-0.05, 0) is 32.1 Å². The lowest BCUT2D eigenvalue weighted by molar-refractivity contribution is -0.379. The average molecular weight is 1270 g/mol. The molecule has 17 unspecified atom stereocenters. The van der Waals surface area contributed by atoms with Gasteiger partial charge in [-0.2, -0.15) is 0 Å². The quantitative estimate of drug-likeness (QED) is 0.0199. The van der Waals surface area contributed by atoms with Crippen molar-refractivity contribution in [2.45, 2.75) is 388 Å². The van der Waals surface area contributed by atoms with Gasteiger partial charge in [0.05, 0.1) is 38.6 Å². The predicted molar refractivity (Wildman–Crippen MR) is 346 cm³/mol. The van der Waals surface area contributed by atoms with E-state index in [9.17, 15) is 61.0 Å². The Kier molecular flexibility index (Phi) is 48.1. The molecule has 0 bridgehead atoms. The molecule has 1 amide bonds. The number of nitrogens with one attached hydrogen (secondary N) is 1. The van der Waals surface area contributed by atoms with Crippen molar-refractivity contribution in [3.8, 4) is 0 Å². The summed E-state index contributed by atoms with van der Waals surface area (Å²) in [6.07, 6.45) is 33.0. The molecular weight excluding hydrogens is 1140 g/mol. The lowest BCUT2D eigenvalue weighted by Crippen LogP contribution is -2.66. The molecule has 0 radical (unpaired) electrons. The zero-order valence-corrected chi connectivity index (χ0v) is 55.4. The molecular formula is C70H131NO18. The molecule has 0 saturated carbocycles. The first-order valence-corrected chi connectivity index (χ1v) is 36.1. The van der Waals surface area contributed by atoms with Crippen LogP contribution in [0.3, 0.4) is 0 Å². The number of hydrogen-bond donors (Lipinski definition) is 12. The molecule has 0 aromatic rings. The normalized spacial score (nSPS) is 28.3. The highest BCUT2D eigenvalue weighted by Gasteiger charge is 2.53. The second kappa shape index (κ2) is 52.5. The maximum atomic E-state index is 13.4. The molecule has 524 valence electrons. The fourth-order valence-electron chi connectivity index (χ4n) is 12.4. The van der Waals surface area contributed by atoms with Gasteiger partial charge in [0, 0.05) is 6.42 Å². The molecule has 0 spiro atoms. The number of allylic oxidation sites excluding steroid dienone is 3. The first-order chi connectivity index (χ1) is 43.3. The first kappa shape index (κ1) is 81.5. The number of ether oxygens (including phenoxy) is 6. The lowest BCUT2D eigenvalue weighted by atomic mass is 9.96. The third kappa shape index (κ3) is 34.5. The summed E-state index contributed by atoms with van der Waals surface area (Å²) in [6.45, 7) is 1.76. The number of carbonyl (C=O) groups excluding carboxylic acids is 1. The van der Waals surface area contributed by atoms with E-state index in [1.807, 2.05) is 6.08 Å². The highest BCUT2D eigenvalue weighted by molar-refractivity contribution is 5.76. The van der Waals surface area contributed by atoms with E-state index >= 15 is 0 Å². The van der Waals surface area contributed by atoms with Crippen LogP contribution in [0.5, 0.6) is 0 Å². The SMILES string of the molecule is CCCCCCCCCCCCCCCCCC/C=C/CC/C=C/C(O)C(COC1OC(CO)C(OC2OC(CO)C(OC3OC(CO)C(O)C(O)C3O)C(O)C2O)C(O)C1O)NC(=O)CCCCCCCCCCCCCCCCCCCCCCCC. The van der Waals surface area contributed by atoms with E-state index in [1.54, 1.807) is 6.08 Å². The third-order valence-electron chi connectivity index (χ3n) is 18.3. The van der Waals surface area contributed by atoms with E-state index in [0.29, 0.717) is 12.8 Å². The van der Waals surface area contributed by atoms with Gasteiger partial charge in [0.1, 0.15) is 73.2 Å². The summed E-state index contributed by atoms with van der Waals surface area (Å²) in [5, 5.41) is 121. The van der Waals surface area contributed by atoms with Gasteiger partial charge in [0.2, 0.25) is 5.91 Å². The molecule has 0 aromatic carbocycles. The van der Waals surface area contributed by atoms with Crippen LogP contribution in [-0.4, -0.2) is 193 Å². The number of carbonyl (C=O) groups is 1. The Bertz CT molecular complexity index is 1710. The summed E-state index contributed by atoms with van der Waals surface area (Å²) < 4.78 is 34.4. The lowest BCUT2D eigenvalue weighted by Gasteiger charge is -2.48. The molecule has 89 heavy (non-hydrogen) atoms. The number of unbranched alkanes of at least 4 members (excludes halogenated alkanes) is 38. The summed E-state index contributed by atoms with van der Waals surface area (Å²) in [4.78, 5) is 13.4. The van der Waals surface area contributed by atoms with Crippen molar-refractivity contribution >= 4 is 5.91 Å². The molecule has 3 aliphatic rings. The van der Waals surface area contributed by atoms with Crippen LogP contribution < -0.4 is 5.32 Å². The minimum atomic E-state index is -1.98. The summed E-state index contributed by atoms with van der Waals surface area (Å²) in [5.74, 6) is -0.279. The van der Waals surface area contributed by atoms with E-state index in [-0.39, 0.29) is 18.9 Å². The van der Waals surface area contributed by atoms with Crippen LogP contribution in [0.25, 0.3) is 0 Å². The Labute approximate surface area is 537 Å². The van der Waals surface area contributed by atoms with Crippen LogP contribution in [0, 0.1) is 0 Å². The third-order valence-corrected chi connectivity index (χ3v) is 18.3. The maximum absolute atomic E-state index is 13.4. The standard InChI is InChI=1S/C70H131NO18/c1-3-5-7-9-11-13-15-17-19-21-23-25-27-29-31-33-35-37-39-41-43-45-47-54(75)53(71-58(76)48-46-44-42-40-38-36-34-32-30-28-26-24-22-20-18-16-14-12-10-8-6-4-2)52-84-68-64(82)61(79)66(56(50-73)86-68)89-70-65(83)62(80)67(57(51-74)87-70)88-69-63(81)60(78)59(77)55(49-72)85-69/h37,39,45,47,53-57,59-70,72-75,77-83H,3-36,38,40-44,46,48-52H2,1-2H3,(H,71,76)/b39-37+,47-45+. The zero-order valence-electron chi connectivity index (χ0n) is 55.4. The number of aliphatic hydroxyl groups excluding tert-OH is 11. The van der Waals surface area contributed by atoms with Crippen molar-refractivity contribution in [3.63, 3.8) is 0 Å². The fraction of sp³-hybridized carbons (Fsp3) is 0.929. The molecule has 3 rings (SSSR count). The molecule has 12 N–H and O–H groups in total. The van der Waals surface area contributed by atoms with E-state index < -0.39 is 124 Å². The van der Waals surface area contributed by atoms with Gasteiger partial charge in [0.25, 0.3) is 0 Å². The van der Waals surface area contributed by atoms with Crippen LogP contribution in [0.15, 0.2) is 24.3 Å². The molecule has 3 saturated heterocycles. The van der Waals surface area contributed by atoms with E-state index in [0.717, 1.165) is 38.5 Å². The molecule has 3 aliphatic heterocycles. The van der Waals surface area contributed by atoms with Crippen LogP contribution in [0.2, 0.25) is 0 Å². The van der Waals surface area contributed by atoms with Crippen LogP contribution in [0.4, 0.5) is 0 Å². The minimum absolute atomic E-state index is 0.241. The summed E-state index contributed by atoms with van der Waals surface area (Å²) in [5.41, 5.74) is 0. The molecule has 3 fully saturated rings. The predicted octanol–water partition coefficient (Wildman–Crippen LogP) is 9.83. The van der Waals surface area contributed by atoms with Gasteiger partial charge >= 0.3 is 0 Å².